The van der Waals surface area contributed by atoms with Crippen molar-refractivity contribution in [3.63, 3.8) is 0 Å². The fourth-order valence-corrected chi connectivity index (χ4v) is 4.71. The number of hydrogen-bond acceptors (Lipinski definition) is 3. The number of aliphatic hydroxyl groups excluding tert-OH is 1. The summed E-state index contributed by atoms with van der Waals surface area (Å²) in [7, 11) is -4.04. The Morgan fingerprint density at radius 2 is 1.04 bits per heavy atom. The van der Waals surface area contributed by atoms with Crippen molar-refractivity contribution in [2.45, 2.75) is 141 Å². The summed E-state index contributed by atoms with van der Waals surface area (Å²) in [6.45, 7) is 4.15. The maximum Gasteiger partial charge on any atom is 0.267 e. The molecule has 0 heterocycles. The van der Waals surface area contributed by atoms with Gasteiger partial charge in [-0.15, -0.1) is 0 Å². The van der Waals surface area contributed by atoms with Gasteiger partial charge in [0.2, 0.25) is 0 Å². The number of aliphatic hydroxyl groups is 1. The predicted molar refractivity (Wildman–Crippen MR) is 116 cm³/mol. The molecule has 0 aromatic carbocycles. The van der Waals surface area contributed by atoms with Gasteiger partial charge in [-0.1, -0.05) is 110 Å². The Hall–Kier alpha value is -0.130. The Morgan fingerprint density at radius 3 is 1.41 bits per heavy atom. The van der Waals surface area contributed by atoms with Crippen molar-refractivity contribution >= 4 is 10.1 Å². The minimum Gasteiger partial charge on any atom is -0.393 e. The summed E-state index contributed by atoms with van der Waals surface area (Å²) in [4.78, 5) is 0. The van der Waals surface area contributed by atoms with E-state index in [0.717, 1.165) is 12.8 Å². The first kappa shape index (κ1) is 26.9. The fourth-order valence-electron chi connectivity index (χ4n) is 3.71. The van der Waals surface area contributed by atoms with E-state index in [1.54, 1.807) is 0 Å². The molecule has 2 N–H and O–H groups in total. The highest BCUT2D eigenvalue weighted by Crippen LogP contribution is 2.18. The van der Waals surface area contributed by atoms with E-state index in [9.17, 15) is 18.1 Å². The Bertz CT molecular complexity index is 409. The highest BCUT2D eigenvalue weighted by molar-refractivity contribution is 7.86. The summed E-state index contributed by atoms with van der Waals surface area (Å²) >= 11 is 0. The lowest BCUT2D eigenvalue weighted by molar-refractivity contribution is 0.147. The highest BCUT2D eigenvalue weighted by Gasteiger charge is 2.24. The number of hydrogen-bond donors (Lipinski definition) is 2. The lowest BCUT2D eigenvalue weighted by Gasteiger charge is -2.17. The van der Waals surface area contributed by atoms with Crippen LogP contribution in [0.4, 0.5) is 0 Å². The lowest BCUT2D eigenvalue weighted by atomic mass is 10.0. The van der Waals surface area contributed by atoms with E-state index in [4.69, 9.17) is 0 Å². The molecule has 4 nitrogen and oxygen atoms in total. The van der Waals surface area contributed by atoms with Crippen LogP contribution < -0.4 is 0 Å². The molecule has 0 spiro atoms. The van der Waals surface area contributed by atoms with Crippen LogP contribution in [0.1, 0.15) is 129 Å². The molecule has 0 saturated carbocycles. The van der Waals surface area contributed by atoms with Gasteiger partial charge in [-0.3, -0.25) is 4.55 Å². The third-order valence-electron chi connectivity index (χ3n) is 5.46. The van der Waals surface area contributed by atoms with Crippen molar-refractivity contribution in [1.29, 1.82) is 0 Å². The second-order valence-electron chi connectivity index (χ2n) is 8.20. The molecule has 0 fully saturated rings. The molecule has 0 aliphatic carbocycles. The van der Waals surface area contributed by atoms with E-state index in [-0.39, 0.29) is 6.42 Å². The van der Waals surface area contributed by atoms with E-state index in [1.165, 1.54) is 77.0 Å². The number of unbranched alkanes of at least 4 members (excludes halogenated alkanes) is 13. The first-order valence-corrected chi connectivity index (χ1v) is 13.1. The summed E-state index contributed by atoms with van der Waals surface area (Å²) < 4.78 is 31.8. The van der Waals surface area contributed by atoms with Crippen molar-refractivity contribution < 1.29 is 18.1 Å². The smallest absolute Gasteiger partial charge is 0.267 e. The van der Waals surface area contributed by atoms with E-state index >= 15 is 0 Å². The van der Waals surface area contributed by atoms with Crippen LogP contribution in [0.3, 0.4) is 0 Å². The summed E-state index contributed by atoms with van der Waals surface area (Å²) in [6, 6.07) is 0. The predicted octanol–water partition coefficient (Wildman–Crippen LogP) is 6.67. The fraction of sp³-hybridized carbons (Fsp3) is 1.00. The van der Waals surface area contributed by atoms with Gasteiger partial charge >= 0.3 is 0 Å². The van der Waals surface area contributed by atoms with Crippen molar-refractivity contribution in [3.8, 4) is 0 Å². The second-order valence-corrected chi connectivity index (χ2v) is 9.90. The molecule has 0 saturated heterocycles. The summed E-state index contributed by atoms with van der Waals surface area (Å²) in [5.41, 5.74) is 0. The molecule has 0 radical (unpaired) electrons. The molecule has 0 amide bonds. The standard InChI is InChI=1S/C22H46O4S/c1-3-5-6-7-8-9-10-11-12-13-14-15-16-17-19-21(23)20-22(18-4-2)27(24,25)26/h21-23H,3-20H2,1-2H3,(H,24,25,26). The maximum absolute atomic E-state index is 11.3. The van der Waals surface area contributed by atoms with Gasteiger partial charge in [0.05, 0.1) is 11.4 Å². The number of rotatable bonds is 20. The van der Waals surface area contributed by atoms with Gasteiger partial charge in [0, 0.05) is 0 Å². The zero-order valence-electron chi connectivity index (χ0n) is 18.0. The van der Waals surface area contributed by atoms with Crippen LogP contribution in [0.2, 0.25) is 0 Å². The Balaban J connectivity index is 3.45. The SMILES string of the molecule is CCCCCCCCCCCCCCCCC(O)CC(CCC)S(=O)(=O)O. The van der Waals surface area contributed by atoms with E-state index in [2.05, 4.69) is 6.92 Å². The third-order valence-corrected chi connectivity index (χ3v) is 6.73. The van der Waals surface area contributed by atoms with Crippen LogP contribution in [0, 0.1) is 0 Å². The van der Waals surface area contributed by atoms with Gasteiger partial charge in [-0.05, 0) is 19.3 Å². The molecular weight excluding hydrogens is 360 g/mol. The second kappa shape index (κ2) is 17.9. The molecule has 0 aliphatic rings. The van der Waals surface area contributed by atoms with Crippen LogP contribution in [-0.2, 0) is 10.1 Å². The monoisotopic (exact) mass is 406 g/mol. The molecule has 27 heavy (non-hydrogen) atoms. The topological polar surface area (TPSA) is 74.6 Å². The van der Waals surface area contributed by atoms with Crippen LogP contribution in [0.15, 0.2) is 0 Å². The van der Waals surface area contributed by atoms with Crippen molar-refractivity contribution in [2.75, 3.05) is 0 Å². The Kier molecular flexibility index (Phi) is 17.8. The third kappa shape index (κ3) is 17.7. The molecule has 2 unspecified atom stereocenters. The van der Waals surface area contributed by atoms with Crippen LogP contribution in [-0.4, -0.2) is 29.4 Å². The molecule has 0 bridgehead atoms. The van der Waals surface area contributed by atoms with Gasteiger partial charge in [0.1, 0.15) is 0 Å². The van der Waals surface area contributed by atoms with Gasteiger partial charge in [0.25, 0.3) is 10.1 Å². The van der Waals surface area contributed by atoms with Gasteiger partial charge in [-0.25, -0.2) is 0 Å². The zero-order valence-corrected chi connectivity index (χ0v) is 18.8. The van der Waals surface area contributed by atoms with Gasteiger partial charge < -0.3 is 5.11 Å². The highest BCUT2D eigenvalue weighted by atomic mass is 32.2. The molecular formula is C22H46O4S. The van der Waals surface area contributed by atoms with E-state index in [0.29, 0.717) is 19.3 Å². The van der Waals surface area contributed by atoms with Crippen molar-refractivity contribution in [1.82, 2.24) is 0 Å². The first-order valence-electron chi connectivity index (χ1n) is 11.6. The Morgan fingerprint density at radius 1 is 0.630 bits per heavy atom. The summed E-state index contributed by atoms with van der Waals surface area (Å²) in [5, 5.41) is 9.21. The van der Waals surface area contributed by atoms with E-state index in [1.807, 2.05) is 6.92 Å². The Labute approximate surface area is 169 Å². The average molecular weight is 407 g/mol. The lowest BCUT2D eigenvalue weighted by Crippen LogP contribution is -2.26. The minimum atomic E-state index is -4.04. The molecule has 0 rings (SSSR count). The van der Waals surface area contributed by atoms with Gasteiger partial charge in [0.15, 0.2) is 0 Å². The van der Waals surface area contributed by atoms with Crippen molar-refractivity contribution in [2.24, 2.45) is 0 Å². The molecule has 164 valence electrons. The van der Waals surface area contributed by atoms with Crippen LogP contribution in [0.5, 0.6) is 0 Å². The van der Waals surface area contributed by atoms with Crippen LogP contribution >= 0.6 is 0 Å². The van der Waals surface area contributed by atoms with Crippen LogP contribution in [0.25, 0.3) is 0 Å². The molecule has 0 aromatic rings. The summed E-state index contributed by atoms with van der Waals surface area (Å²) in [5.74, 6) is 0. The first-order chi connectivity index (χ1) is 12.9. The minimum absolute atomic E-state index is 0.158. The van der Waals surface area contributed by atoms with Crippen molar-refractivity contribution in [3.05, 3.63) is 0 Å². The average Bonchev–Trinajstić information content (AvgIpc) is 2.61. The van der Waals surface area contributed by atoms with E-state index < -0.39 is 21.5 Å². The van der Waals surface area contributed by atoms with Gasteiger partial charge in [-0.2, -0.15) is 8.42 Å². The summed E-state index contributed by atoms with van der Waals surface area (Å²) in [6.07, 6.45) is 19.4. The molecule has 5 heteroatoms. The maximum atomic E-state index is 11.3. The molecule has 2 atom stereocenters. The largest absolute Gasteiger partial charge is 0.393 e. The molecule has 0 aliphatic heterocycles. The molecule has 0 aromatic heterocycles. The zero-order chi connectivity index (χ0) is 20.4. The normalized spacial score (nSPS) is 14.4. The quantitative estimate of drug-likeness (QED) is 0.175.